The Labute approximate surface area is 132 Å². The Morgan fingerprint density at radius 2 is 2.15 bits per heavy atom. The van der Waals surface area contributed by atoms with Crippen molar-refractivity contribution in [1.29, 1.82) is 0 Å². The fourth-order valence-electron chi connectivity index (χ4n) is 1.68. The summed E-state index contributed by atoms with van der Waals surface area (Å²) in [5.41, 5.74) is 2.01. The van der Waals surface area contributed by atoms with E-state index in [0.29, 0.717) is 17.4 Å². The Bertz CT molecular complexity index is 560. The number of pyridine rings is 1. The molecule has 1 aromatic heterocycles. The maximum absolute atomic E-state index is 6.22. The number of halogens is 2. The number of rotatable bonds is 6. The zero-order valence-corrected chi connectivity index (χ0v) is 13.5. The van der Waals surface area contributed by atoms with Gasteiger partial charge in [0.25, 0.3) is 0 Å². The minimum atomic E-state index is 0.402. The molecule has 0 saturated heterocycles. The van der Waals surface area contributed by atoms with Crippen molar-refractivity contribution >= 4 is 27.5 Å². The third-order valence-electron chi connectivity index (χ3n) is 2.74. The van der Waals surface area contributed by atoms with Gasteiger partial charge in [0, 0.05) is 17.2 Å². The molecule has 0 atom stereocenters. The lowest BCUT2D eigenvalue weighted by molar-refractivity contribution is 0.301. The van der Waals surface area contributed by atoms with Crippen molar-refractivity contribution < 1.29 is 4.74 Å². The molecular weight excluding hydrogens is 340 g/mol. The van der Waals surface area contributed by atoms with Gasteiger partial charge in [-0.2, -0.15) is 0 Å². The molecule has 1 heterocycles. The normalized spacial score (nSPS) is 10.6. The van der Waals surface area contributed by atoms with Crippen LogP contribution in [0.2, 0.25) is 5.02 Å². The van der Waals surface area contributed by atoms with Crippen molar-refractivity contribution in [2.75, 3.05) is 6.54 Å². The van der Waals surface area contributed by atoms with Crippen LogP contribution < -0.4 is 10.1 Å². The van der Waals surface area contributed by atoms with Gasteiger partial charge in [-0.05, 0) is 52.3 Å². The molecule has 0 aliphatic rings. The van der Waals surface area contributed by atoms with E-state index in [1.54, 1.807) is 6.20 Å². The van der Waals surface area contributed by atoms with Crippen LogP contribution >= 0.6 is 27.5 Å². The van der Waals surface area contributed by atoms with Crippen molar-refractivity contribution in [3.63, 3.8) is 0 Å². The second kappa shape index (κ2) is 7.62. The lowest BCUT2D eigenvalue weighted by Crippen LogP contribution is -2.11. The number of nitrogens with zero attached hydrogens (tertiary/aromatic N) is 1. The molecule has 0 fully saturated rings. The van der Waals surface area contributed by atoms with Crippen LogP contribution in [0.3, 0.4) is 0 Å². The van der Waals surface area contributed by atoms with Crippen molar-refractivity contribution in [3.05, 3.63) is 57.3 Å². The van der Waals surface area contributed by atoms with E-state index in [0.717, 1.165) is 28.8 Å². The van der Waals surface area contributed by atoms with Gasteiger partial charge < -0.3 is 10.1 Å². The van der Waals surface area contributed by atoms with E-state index < -0.39 is 0 Å². The summed E-state index contributed by atoms with van der Waals surface area (Å²) in [6.07, 6.45) is 1.75. The zero-order valence-electron chi connectivity index (χ0n) is 11.2. The minimum absolute atomic E-state index is 0.402. The van der Waals surface area contributed by atoms with Crippen LogP contribution in [0.15, 0.2) is 41.0 Å². The molecule has 0 amide bonds. The predicted octanol–water partition coefficient (Wildman–Crippen LogP) is 4.19. The first-order valence-corrected chi connectivity index (χ1v) is 7.58. The summed E-state index contributed by atoms with van der Waals surface area (Å²) in [5.74, 6) is 0.677. The van der Waals surface area contributed by atoms with Crippen molar-refractivity contribution in [3.8, 4) is 5.75 Å². The first kappa shape index (κ1) is 15.3. The molecule has 0 radical (unpaired) electrons. The smallest absolute Gasteiger partial charge is 0.138 e. The third-order valence-corrected chi connectivity index (χ3v) is 3.50. The van der Waals surface area contributed by atoms with Gasteiger partial charge in [0.15, 0.2) is 0 Å². The molecular formula is C15H16BrClN2O. The van der Waals surface area contributed by atoms with Crippen LogP contribution in [0, 0.1) is 0 Å². The van der Waals surface area contributed by atoms with Gasteiger partial charge >= 0.3 is 0 Å². The molecule has 1 aromatic carbocycles. The summed E-state index contributed by atoms with van der Waals surface area (Å²) in [7, 11) is 0. The summed E-state index contributed by atoms with van der Waals surface area (Å²) in [6, 6.07) is 9.69. The molecule has 0 unspecified atom stereocenters. The summed E-state index contributed by atoms with van der Waals surface area (Å²) >= 11 is 9.57. The van der Waals surface area contributed by atoms with Crippen molar-refractivity contribution in [1.82, 2.24) is 10.3 Å². The molecule has 0 saturated carbocycles. The highest BCUT2D eigenvalue weighted by Crippen LogP contribution is 2.26. The molecule has 0 bridgehead atoms. The van der Waals surface area contributed by atoms with E-state index in [2.05, 4.69) is 33.2 Å². The Morgan fingerprint density at radius 3 is 2.80 bits per heavy atom. The van der Waals surface area contributed by atoms with Crippen LogP contribution in [-0.4, -0.2) is 11.5 Å². The Kier molecular flexibility index (Phi) is 5.83. The summed E-state index contributed by atoms with van der Waals surface area (Å²) in [4.78, 5) is 4.26. The molecule has 5 heteroatoms. The summed E-state index contributed by atoms with van der Waals surface area (Å²) < 4.78 is 6.64. The zero-order chi connectivity index (χ0) is 14.4. The highest BCUT2D eigenvalue weighted by molar-refractivity contribution is 9.10. The first-order valence-electron chi connectivity index (χ1n) is 6.41. The fraction of sp³-hybridized carbons (Fsp3) is 0.267. The molecule has 2 rings (SSSR count). The van der Waals surface area contributed by atoms with Gasteiger partial charge in [-0.15, -0.1) is 0 Å². The predicted molar refractivity (Wildman–Crippen MR) is 85.1 cm³/mol. The second-order valence-electron chi connectivity index (χ2n) is 4.30. The van der Waals surface area contributed by atoms with Crippen LogP contribution in [0.5, 0.6) is 5.75 Å². The number of hydrogen-bond donors (Lipinski definition) is 1. The van der Waals surface area contributed by atoms with Gasteiger partial charge in [0.2, 0.25) is 0 Å². The number of ether oxygens (including phenoxy) is 1. The van der Waals surface area contributed by atoms with Crippen LogP contribution in [0.4, 0.5) is 0 Å². The highest BCUT2D eigenvalue weighted by Gasteiger charge is 2.04. The van der Waals surface area contributed by atoms with Gasteiger partial charge in [-0.1, -0.05) is 24.6 Å². The van der Waals surface area contributed by atoms with E-state index in [4.69, 9.17) is 16.3 Å². The first-order chi connectivity index (χ1) is 9.69. The fourth-order valence-corrected chi connectivity index (χ4v) is 2.18. The standard InChI is InChI=1S/C15H16BrClN2O/c1-2-18-8-11-3-6-15(14(17)7-11)20-10-13-5-4-12(16)9-19-13/h3-7,9,18H,2,8,10H2,1H3. The SMILES string of the molecule is CCNCc1ccc(OCc2ccc(Br)cn2)c(Cl)c1. The van der Waals surface area contributed by atoms with E-state index in [1.165, 1.54) is 0 Å². The molecule has 0 spiro atoms. The molecule has 2 aromatic rings. The molecule has 3 nitrogen and oxygen atoms in total. The number of aromatic nitrogens is 1. The molecule has 1 N–H and O–H groups in total. The van der Waals surface area contributed by atoms with Crippen molar-refractivity contribution in [2.45, 2.75) is 20.1 Å². The maximum atomic E-state index is 6.22. The molecule has 0 aliphatic carbocycles. The van der Waals surface area contributed by atoms with Crippen LogP contribution in [0.1, 0.15) is 18.2 Å². The maximum Gasteiger partial charge on any atom is 0.138 e. The van der Waals surface area contributed by atoms with Crippen LogP contribution in [-0.2, 0) is 13.2 Å². The molecule has 0 aliphatic heterocycles. The topological polar surface area (TPSA) is 34.1 Å². The van der Waals surface area contributed by atoms with E-state index in [1.807, 2.05) is 30.3 Å². The Balaban J connectivity index is 1.97. The second-order valence-corrected chi connectivity index (χ2v) is 5.62. The summed E-state index contributed by atoms with van der Waals surface area (Å²) in [5, 5.41) is 3.88. The van der Waals surface area contributed by atoms with Gasteiger partial charge in [-0.3, -0.25) is 4.98 Å². The monoisotopic (exact) mass is 354 g/mol. The lowest BCUT2D eigenvalue weighted by Gasteiger charge is -2.09. The lowest BCUT2D eigenvalue weighted by atomic mass is 10.2. The van der Waals surface area contributed by atoms with Gasteiger partial charge in [0.05, 0.1) is 10.7 Å². The molecule has 20 heavy (non-hydrogen) atoms. The highest BCUT2D eigenvalue weighted by atomic mass is 79.9. The largest absolute Gasteiger partial charge is 0.486 e. The van der Waals surface area contributed by atoms with E-state index in [-0.39, 0.29) is 0 Å². The average Bonchev–Trinajstić information content (AvgIpc) is 2.46. The van der Waals surface area contributed by atoms with E-state index in [9.17, 15) is 0 Å². The average molecular weight is 356 g/mol. The number of nitrogens with one attached hydrogen (secondary N) is 1. The number of benzene rings is 1. The quantitative estimate of drug-likeness (QED) is 0.844. The van der Waals surface area contributed by atoms with Crippen molar-refractivity contribution in [2.24, 2.45) is 0 Å². The Morgan fingerprint density at radius 1 is 1.30 bits per heavy atom. The third kappa shape index (κ3) is 4.47. The summed E-state index contributed by atoms with van der Waals surface area (Å²) in [6.45, 7) is 4.22. The van der Waals surface area contributed by atoms with E-state index >= 15 is 0 Å². The number of hydrogen-bond acceptors (Lipinski definition) is 3. The van der Waals surface area contributed by atoms with Gasteiger partial charge in [0.1, 0.15) is 12.4 Å². The Hall–Kier alpha value is -1.10. The van der Waals surface area contributed by atoms with Gasteiger partial charge in [-0.25, -0.2) is 0 Å². The molecule has 106 valence electrons. The minimum Gasteiger partial charge on any atom is -0.486 e. The van der Waals surface area contributed by atoms with Crippen LogP contribution in [0.25, 0.3) is 0 Å².